The van der Waals surface area contributed by atoms with Crippen LogP contribution in [0, 0.1) is 0 Å². The molecular weight excluding hydrogens is 304 g/mol. The van der Waals surface area contributed by atoms with Crippen molar-refractivity contribution in [3.05, 3.63) is 47.0 Å². The second-order valence-electron chi connectivity index (χ2n) is 4.70. The SMILES string of the molecule is Clc1cc2c(cc1/C=N/Nc1nc3ccccc3[nH]1)OCO2. The summed E-state index contributed by atoms with van der Waals surface area (Å²) in [7, 11) is 0. The fourth-order valence-electron chi connectivity index (χ4n) is 2.20. The Bertz CT molecular complexity index is 842. The van der Waals surface area contributed by atoms with E-state index in [1.54, 1.807) is 18.3 Å². The highest BCUT2D eigenvalue weighted by Gasteiger charge is 2.15. The summed E-state index contributed by atoms with van der Waals surface area (Å²) in [6.45, 7) is 0.212. The Labute approximate surface area is 130 Å². The molecule has 1 aliphatic rings. The minimum atomic E-state index is 0.212. The molecule has 0 bridgehead atoms. The number of benzene rings is 2. The molecule has 3 aromatic rings. The first kappa shape index (κ1) is 13.0. The van der Waals surface area contributed by atoms with Crippen molar-refractivity contribution in [1.29, 1.82) is 0 Å². The highest BCUT2D eigenvalue weighted by Crippen LogP contribution is 2.36. The number of fused-ring (bicyclic) bond motifs is 2. The summed E-state index contributed by atoms with van der Waals surface area (Å²) in [5.41, 5.74) is 5.40. The lowest BCUT2D eigenvalue weighted by Crippen LogP contribution is -1.93. The highest BCUT2D eigenvalue weighted by atomic mass is 35.5. The molecule has 0 saturated carbocycles. The van der Waals surface area contributed by atoms with E-state index in [0.29, 0.717) is 22.5 Å². The Morgan fingerprint density at radius 2 is 2.05 bits per heavy atom. The van der Waals surface area contributed by atoms with Crippen LogP contribution >= 0.6 is 11.6 Å². The minimum absolute atomic E-state index is 0.212. The lowest BCUT2D eigenvalue weighted by atomic mass is 10.2. The van der Waals surface area contributed by atoms with Crippen molar-refractivity contribution in [3.63, 3.8) is 0 Å². The van der Waals surface area contributed by atoms with Crippen molar-refractivity contribution < 1.29 is 9.47 Å². The van der Waals surface area contributed by atoms with Gasteiger partial charge in [-0.1, -0.05) is 23.7 Å². The zero-order valence-corrected chi connectivity index (χ0v) is 12.1. The maximum absolute atomic E-state index is 6.18. The molecule has 7 heteroatoms. The molecule has 2 N–H and O–H groups in total. The van der Waals surface area contributed by atoms with Crippen LogP contribution < -0.4 is 14.9 Å². The summed E-state index contributed by atoms with van der Waals surface area (Å²) in [5.74, 6) is 1.87. The fourth-order valence-corrected chi connectivity index (χ4v) is 2.40. The molecule has 0 fully saturated rings. The van der Waals surface area contributed by atoms with Gasteiger partial charge in [-0.2, -0.15) is 5.10 Å². The zero-order chi connectivity index (χ0) is 14.9. The number of hydrogen-bond acceptors (Lipinski definition) is 5. The Morgan fingerprint density at radius 1 is 1.23 bits per heavy atom. The number of halogens is 1. The van der Waals surface area contributed by atoms with Gasteiger partial charge in [-0.25, -0.2) is 10.4 Å². The van der Waals surface area contributed by atoms with E-state index in [2.05, 4.69) is 20.5 Å². The Hall–Kier alpha value is -2.73. The third-order valence-corrected chi connectivity index (χ3v) is 3.58. The van der Waals surface area contributed by atoms with E-state index in [1.807, 2.05) is 24.3 Å². The molecule has 0 unspecified atom stereocenters. The number of hydrogen-bond donors (Lipinski definition) is 2. The third-order valence-electron chi connectivity index (χ3n) is 3.26. The van der Waals surface area contributed by atoms with Crippen molar-refractivity contribution in [3.8, 4) is 11.5 Å². The molecule has 0 aliphatic carbocycles. The van der Waals surface area contributed by atoms with Gasteiger partial charge in [0.25, 0.3) is 0 Å². The van der Waals surface area contributed by atoms with Gasteiger partial charge in [0.2, 0.25) is 12.7 Å². The lowest BCUT2D eigenvalue weighted by Gasteiger charge is -2.01. The highest BCUT2D eigenvalue weighted by molar-refractivity contribution is 6.33. The smallest absolute Gasteiger partial charge is 0.231 e. The van der Waals surface area contributed by atoms with E-state index >= 15 is 0 Å². The van der Waals surface area contributed by atoms with Crippen LogP contribution in [0.15, 0.2) is 41.5 Å². The number of para-hydroxylation sites is 2. The fraction of sp³-hybridized carbons (Fsp3) is 0.0667. The molecule has 6 nitrogen and oxygen atoms in total. The van der Waals surface area contributed by atoms with Crippen molar-refractivity contribution in [1.82, 2.24) is 9.97 Å². The zero-order valence-electron chi connectivity index (χ0n) is 11.3. The van der Waals surface area contributed by atoms with E-state index in [1.165, 1.54) is 0 Å². The first-order valence-corrected chi connectivity index (χ1v) is 7.00. The quantitative estimate of drug-likeness (QED) is 0.574. The molecule has 4 rings (SSSR count). The van der Waals surface area contributed by atoms with E-state index in [4.69, 9.17) is 21.1 Å². The van der Waals surface area contributed by atoms with Crippen LogP contribution in [0.5, 0.6) is 11.5 Å². The second-order valence-corrected chi connectivity index (χ2v) is 5.11. The molecular formula is C15H11ClN4O2. The summed E-state index contributed by atoms with van der Waals surface area (Å²) in [4.78, 5) is 7.49. The van der Waals surface area contributed by atoms with E-state index in [0.717, 1.165) is 16.6 Å². The first-order valence-electron chi connectivity index (χ1n) is 6.62. The Kier molecular flexibility index (Phi) is 3.08. The number of nitrogens with zero attached hydrogens (tertiary/aromatic N) is 2. The molecule has 0 spiro atoms. The molecule has 0 atom stereocenters. The van der Waals surface area contributed by atoms with E-state index in [-0.39, 0.29) is 6.79 Å². The Balaban J connectivity index is 1.54. The van der Waals surface area contributed by atoms with Gasteiger partial charge in [-0.3, -0.25) is 0 Å². The standard InChI is InChI=1S/C15H11ClN4O2/c16-10-6-14-13(21-8-22-14)5-9(10)7-17-20-15-18-11-3-1-2-4-12(11)19-15/h1-7H,8H2,(H2,18,19,20)/b17-7+. The summed E-state index contributed by atoms with van der Waals surface area (Å²) in [6, 6.07) is 11.3. The van der Waals surface area contributed by atoms with Crippen molar-refractivity contribution in [2.45, 2.75) is 0 Å². The van der Waals surface area contributed by atoms with Gasteiger partial charge in [-0.05, 0) is 18.2 Å². The topological polar surface area (TPSA) is 71.5 Å². The van der Waals surface area contributed by atoms with Crippen LogP contribution in [0.25, 0.3) is 11.0 Å². The molecule has 0 radical (unpaired) electrons. The predicted octanol–water partition coefficient (Wildman–Crippen LogP) is 3.39. The Morgan fingerprint density at radius 3 is 2.91 bits per heavy atom. The number of rotatable bonds is 3. The molecule has 2 heterocycles. The summed E-state index contributed by atoms with van der Waals surface area (Å²) in [5, 5.41) is 4.68. The number of nitrogens with one attached hydrogen (secondary N) is 2. The largest absolute Gasteiger partial charge is 0.454 e. The average Bonchev–Trinajstić information content (AvgIpc) is 3.12. The summed E-state index contributed by atoms with van der Waals surface area (Å²) < 4.78 is 10.6. The van der Waals surface area contributed by atoms with Gasteiger partial charge in [0.15, 0.2) is 11.5 Å². The summed E-state index contributed by atoms with van der Waals surface area (Å²) in [6.07, 6.45) is 1.61. The molecule has 1 aromatic heterocycles. The number of ether oxygens (including phenoxy) is 2. The third kappa shape index (κ3) is 2.33. The first-order chi connectivity index (χ1) is 10.8. The molecule has 110 valence electrons. The van der Waals surface area contributed by atoms with Gasteiger partial charge in [0.1, 0.15) is 0 Å². The number of anilines is 1. The van der Waals surface area contributed by atoms with Crippen molar-refractivity contribution in [2.75, 3.05) is 12.2 Å². The maximum Gasteiger partial charge on any atom is 0.231 e. The molecule has 0 saturated heterocycles. The van der Waals surface area contributed by atoms with Crippen LogP contribution in [0.1, 0.15) is 5.56 Å². The van der Waals surface area contributed by atoms with Gasteiger partial charge in [0.05, 0.1) is 22.3 Å². The van der Waals surface area contributed by atoms with Crippen molar-refractivity contribution in [2.24, 2.45) is 5.10 Å². The van der Waals surface area contributed by atoms with Crippen molar-refractivity contribution >= 4 is 34.8 Å². The molecule has 1 aliphatic heterocycles. The maximum atomic E-state index is 6.18. The average molecular weight is 315 g/mol. The van der Waals surface area contributed by atoms with Crippen LogP contribution in [-0.2, 0) is 0 Å². The normalized spacial score (nSPS) is 13.1. The van der Waals surface area contributed by atoms with Crippen LogP contribution in [-0.4, -0.2) is 23.0 Å². The van der Waals surface area contributed by atoms with E-state index < -0.39 is 0 Å². The number of aromatic nitrogens is 2. The van der Waals surface area contributed by atoms with Gasteiger partial charge < -0.3 is 14.5 Å². The summed E-state index contributed by atoms with van der Waals surface area (Å²) >= 11 is 6.18. The monoisotopic (exact) mass is 314 g/mol. The van der Waals surface area contributed by atoms with Gasteiger partial charge in [-0.15, -0.1) is 0 Å². The number of imidazole rings is 1. The van der Waals surface area contributed by atoms with Crippen LogP contribution in [0.4, 0.5) is 5.95 Å². The lowest BCUT2D eigenvalue weighted by molar-refractivity contribution is 0.174. The predicted molar refractivity (Wildman–Crippen MR) is 84.9 cm³/mol. The molecule has 2 aromatic carbocycles. The van der Waals surface area contributed by atoms with Crippen LogP contribution in [0.2, 0.25) is 5.02 Å². The number of hydrazone groups is 1. The molecule has 22 heavy (non-hydrogen) atoms. The molecule has 0 amide bonds. The number of H-pyrrole nitrogens is 1. The van der Waals surface area contributed by atoms with E-state index in [9.17, 15) is 0 Å². The van der Waals surface area contributed by atoms with Gasteiger partial charge >= 0.3 is 0 Å². The van der Waals surface area contributed by atoms with Crippen LogP contribution in [0.3, 0.4) is 0 Å². The second kappa shape index (κ2) is 5.23. The van der Waals surface area contributed by atoms with Gasteiger partial charge in [0, 0.05) is 11.6 Å². The number of aromatic amines is 1. The minimum Gasteiger partial charge on any atom is -0.454 e.